The molecule has 2 aromatic rings. The van der Waals surface area contributed by atoms with Gasteiger partial charge in [0.15, 0.2) is 0 Å². The Hall–Kier alpha value is -0.740. The first-order valence-corrected chi connectivity index (χ1v) is 8.32. The van der Waals surface area contributed by atoms with Gasteiger partial charge >= 0.3 is 0 Å². The maximum absolute atomic E-state index is 4.73. The van der Waals surface area contributed by atoms with Crippen molar-refractivity contribution in [2.24, 2.45) is 5.41 Å². The molecular formula is C15H22N2S2. The van der Waals surface area contributed by atoms with Crippen molar-refractivity contribution in [1.29, 1.82) is 0 Å². The van der Waals surface area contributed by atoms with Crippen molar-refractivity contribution < 1.29 is 0 Å². The zero-order chi connectivity index (χ0) is 14.3. The molecule has 0 radical (unpaired) electrons. The number of thiazole rings is 2. The lowest BCUT2D eigenvalue weighted by Gasteiger charge is -2.15. The van der Waals surface area contributed by atoms with Gasteiger partial charge in [0.25, 0.3) is 0 Å². The normalized spacial score (nSPS) is 12.9. The smallest absolute Gasteiger partial charge is 0.142 e. The molecular weight excluding hydrogens is 272 g/mol. The molecule has 0 atom stereocenters. The van der Waals surface area contributed by atoms with Crippen molar-refractivity contribution in [3.8, 4) is 10.7 Å². The summed E-state index contributed by atoms with van der Waals surface area (Å²) in [5, 5.41) is 6.51. The third-order valence-corrected chi connectivity index (χ3v) is 4.81. The molecule has 0 aliphatic carbocycles. The van der Waals surface area contributed by atoms with Crippen LogP contribution in [0.25, 0.3) is 10.7 Å². The summed E-state index contributed by atoms with van der Waals surface area (Å²) in [5.41, 5.74) is 2.61. The van der Waals surface area contributed by atoms with E-state index in [1.54, 1.807) is 22.7 Å². The van der Waals surface area contributed by atoms with Crippen LogP contribution in [0.5, 0.6) is 0 Å². The predicted molar refractivity (Wildman–Crippen MR) is 85.1 cm³/mol. The average Bonchev–Trinajstić information content (AvgIpc) is 2.80. The fourth-order valence-corrected chi connectivity index (χ4v) is 3.51. The Morgan fingerprint density at radius 2 is 1.63 bits per heavy atom. The second kappa shape index (κ2) is 4.98. The number of aromatic nitrogens is 2. The Labute approximate surface area is 123 Å². The molecule has 0 saturated carbocycles. The number of nitrogens with zero attached hydrogens (tertiary/aromatic N) is 2. The summed E-state index contributed by atoms with van der Waals surface area (Å²) in [6.45, 7) is 13.3. The summed E-state index contributed by atoms with van der Waals surface area (Å²) in [4.78, 5) is 9.45. The number of hydrogen-bond donors (Lipinski definition) is 0. The van der Waals surface area contributed by atoms with Gasteiger partial charge in [0.2, 0.25) is 0 Å². The van der Waals surface area contributed by atoms with Crippen LogP contribution in [0.3, 0.4) is 0 Å². The maximum Gasteiger partial charge on any atom is 0.142 e. The van der Waals surface area contributed by atoms with E-state index in [9.17, 15) is 0 Å². The highest BCUT2D eigenvalue weighted by molar-refractivity contribution is 7.14. The second-order valence-corrected chi connectivity index (χ2v) is 8.89. The van der Waals surface area contributed by atoms with Crippen LogP contribution in [0.15, 0.2) is 10.8 Å². The summed E-state index contributed by atoms with van der Waals surface area (Å²) >= 11 is 3.43. The number of hydrogen-bond acceptors (Lipinski definition) is 4. The van der Waals surface area contributed by atoms with Gasteiger partial charge in [-0.2, -0.15) is 0 Å². The minimum absolute atomic E-state index is 0.119. The highest BCUT2D eigenvalue weighted by Crippen LogP contribution is 2.32. The largest absolute Gasteiger partial charge is 0.239 e. The van der Waals surface area contributed by atoms with E-state index in [2.05, 4.69) is 52.3 Å². The molecule has 2 heterocycles. The molecule has 0 amide bonds. The van der Waals surface area contributed by atoms with Crippen molar-refractivity contribution >= 4 is 22.7 Å². The molecule has 4 heteroatoms. The van der Waals surface area contributed by atoms with Gasteiger partial charge < -0.3 is 0 Å². The highest BCUT2D eigenvalue weighted by atomic mass is 32.1. The van der Waals surface area contributed by atoms with Gasteiger partial charge in [-0.1, -0.05) is 41.5 Å². The average molecular weight is 294 g/mol. The van der Waals surface area contributed by atoms with Crippen LogP contribution in [0.2, 0.25) is 0 Å². The van der Waals surface area contributed by atoms with Gasteiger partial charge in [-0.05, 0) is 11.8 Å². The lowest BCUT2D eigenvalue weighted by atomic mass is 9.91. The molecule has 0 fully saturated rings. The third-order valence-electron chi connectivity index (χ3n) is 2.63. The molecule has 0 aliphatic rings. The Morgan fingerprint density at radius 3 is 2.16 bits per heavy atom. The van der Waals surface area contributed by atoms with Gasteiger partial charge in [-0.25, -0.2) is 9.97 Å². The summed E-state index contributed by atoms with van der Waals surface area (Å²) < 4.78 is 0. The van der Waals surface area contributed by atoms with Crippen molar-refractivity contribution in [3.63, 3.8) is 0 Å². The van der Waals surface area contributed by atoms with E-state index in [1.807, 2.05) is 0 Å². The van der Waals surface area contributed by atoms with Crippen LogP contribution in [0, 0.1) is 5.41 Å². The second-order valence-electron chi connectivity index (χ2n) is 7.17. The van der Waals surface area contributed by atoms with Crippen molar-refractivity contribution in [2.45, 2.75) is 53.4 Å². The Morgan fingerprint density at radius 1 is 0.947 bits per heavy atom. The lowest BCUT2D eigenvalue weighted by Crippen LogP contribution is -2.10. The van der Waals surface area contributed by atoms with E-state index in [-0.39, 0.29) is 10.8 Å². The van der Waals surface area contributed by atoms with E-state index in [0.29, 0.717) is 0 Å². The van der Waals surface area contributed by atoms with Crippen LogP contribution < -0.4 is 0 Å². The molecule has 2 rings (SSSR count). The predicted octanol–water partition coefficient (Wildman–Crippen LogP) is 5.15. The van der Waals surface area contributed by atoms with Crippen LogP contribution >= 0.6 is 22.7 Å². The molecule has 0 spiro atoms. The molecule has 0 aromatic carbocycles. The third kappa shape index (κ3) is 3.86. The molecule has 2 aromatic heterocycles. The summed E-state index contributed by atoms with van der Waals surface area (Å²) in [6.07, 6.45) is 1.01. The van der Waals surface area contributed by atoms with Crippen molar-refractivity contribution in [1.82, 2.24) is 9.97 Å². The Bertz CT molecular complexity index is 553. The zero-order valence-corrected chi connectivity index (χ0v) is 14.2. The molecule has 0 aliphatic heterocycles. The van der Waals surface area contributed by atoms with Gasteiger partial charge in [-0.3, -0.25) is 0 Å². The highest BCUT2D eigenvalue weighted by Gasteiger charge is 2.20. The molecule has 0 bridgehead atoms. The fraction of sp³-hybridized carbons (Fsp3) is 0.600. The maximum atomic E-state index is 4.73. The Balaban J connectivity index is 2.21. The monoisotopic (exact) mass is 294 g/mol. The van der Waals surface area contributed by atoms with Gasteiger partial charge in [0.05, 0.1) is 10.7 Å². The van der Waals surface area contributed by atoms with Gasteiger partial charge in [-0.15, -0.1) is 22.7 Å². The summed E-state index contributed by atoms with van der Waals surface area (Å²) in [5.74, 6) is 0. The minimum Gasteiger partial charge on any atom is -0.239 e. The van der Waals surface area contributed by atoms with E-state index in [0.717, 1.165) is 17.1 Å². The summed E-state index contributed by atoms with van der Waals surface area (Å²) in [6, 6.07) is 0. The van der Waals surface area contributed by atoms with Crippen molar-refractivity contribution in [3.05, 3.63) is 21.5 Å². The molecule has 0 saturated heterocycles. The number of rotatable bonds is 2. The van der Waals surface area contributed by atoms with Crippen LogP contribution in [0.1, 0.15) is 52.2 Å². The first kappa shape index (κ1) is 14.7. The van der Waals surface area contributed by atoms with E-state index in [4.69, 9.17) is 9.97 Å². The topological polar surface area (TPSA) is 25.8 Å². The quantitative estimate of drug-likeness (QED) is 0.765. The summed E-state index contributed by atoms with van der Waals surface area (Å²) in [7, 11) is 0. The minimum atomic E-state index is 0.119. The van der Waals surface area contributed by atoms with Gasteiger partial charge in [0, 0.05) is 16.2 Å². The lowest BCUT2D eigenvalue weighted by molar-refractivity contribution is 0.407. The SMILES string of the molecule is CC(C)(C)Cc1csc(-c2csc(C(C)(C)C)n2)n1. The van der Waals surface area contributed by atoms with Crippen LogP contribution in [0.4, 0.5) is 0 Å². The molecule has 0 unspecified atom stereocenters. The van der Waals surface area contributed by atoms with Crippen LogP contribution in [-0.4, -0.2) is 9.97 Å². The van der Waals surface area contributed by atoms with Gasteiger partial charge in [0.1, 0.15) is 10.7 Å². The zero-order valence-electron chi connectivity index (χ0n) is 12.6. The molecule has 104 valence electrons. The molecule has 2 nitrogen and oxygen atoms in total. The molecule has 0 N–H and O–H groups in total. The van der Waals surface area contributed by atoms with E-state index in [1.165, 1.54) is 10.7 Å². The van der Waals surface area contributed by atoms with E-state index < -0.39 is 0 Å². The fourth-order valence-electron chi connectivity index (χ4n) is 1.77. The van der Waals surface area contributed by atoms with E-state index >= 15 is 0 Å². The first-order chi connectivity index (χ1) is 8.65. The Kier molecular flexibility index (Phi) is 3.85. The first-order valence-electron chi connectivity index (χ1n) is 6.56. The van der Waals surface area contributed by atoms with Crippen LogP contribution in [-0.2, 0) is 11.8 Å². The standard InChI is InChI=1S/C15H22N2S2/c1-14(2,3)7-10-8-18-12(16-10)11-9-19-13(17-11)15(4,5)6/h8-9H,7H2,1-6H3. The molecule has 19 heavy (non-hydrogen) atoms. The van der Waals surface area contributed by atoms with Crippen molar-refractivity contribution in [2.75, 3.05) is 0 Å².